The number of hydrogen-bond acceptors (Lipinski definition) is 5. The third-order valence-electron chi connectivity index (χ3n) is 5.33. The van der Waals surface area contributed by atoms with E-state index < -0.39 is 5.63 Å². The molecule has 29 heavy (non-hydrogen) atoms. The number of anilines is 1. The van der Waals surface area contributed by atoms with E-state index in [2.05, 4.69) is 41.9 Å². The van der Waals surface area contributed by atoms with Gasteiger partial charge in [-0.1, -0.05) is 18.2 Å². The van der Waals surface area contributed by atoms with Gasteiger partial charge in [-0.2, -0.15) is 0 Å². The lowest BCUT2D eigenvalue weighted by molar-refractivity contribution is 0.554. The number of hydrogen-bond donors (Lipinski definition) is 0. The predicted octanol–water partition coefficient (Wildman–Crippen LogP) is 5.60. The Kier molecular flexibility index (Phi) is 4.09. The summed E-state index contributed by atoms with van der Waals surface area (Å²) in [5.41, 5.74) is 2.94. The van der Waals surface area contributed by atoms with Gasteiger partial charge in [0.15, 0.2) is 5.58 Å². The summed E-state index contributed by atoms with van der Waals surface area (Å²) >= 11 is 0. The van der Waals surface area contributed by atoms with Gasteiger partial charge in [0.25, 0.3) is 0 Å². The molecule has 0 amide bonds. The number of para-hydroxylation sites is 2. The molecule has 0 atom stereocenters. The molecule has 2 aromatic heterocycles. The highest BCUT2D eigenvalue weighted by Crippen LogP contribution is 2.29. The molecule has 3 aromatic carbocycles. The Balaban J connectivity index is 1.67. The Bertz CT molecular complexity index is 1380. The maximum Gasteiger partial charge on any atom is 0.349 e. The molecule has 144 valence electrons. The van der Waals surface area contributed by atoms with E-state index in [-0.39, 0.29) is 5.89 Å². The first-order valence-corrected chi connectivity index (χ1v) is 9.79. The van der Waals surface area contributed by atoms with E-state index >= 15 is 0 Å². The third-order valence-corrected chi connectivity index (χ3v) is 5.33. The summed E-state index contributed by atoms with van der Waals surface area (Å²) in [7, 11) is 0. The fourth-order valence-electron chi connectivity index (χ4n) is 3.77. The molecule has 5 heteroatoms. The van der Waals surface area contributed by atoms with Crippen LogP contribution in [0.25, 0.3) is 44.3 Å². The topological polar surface area (TPSA) is 59.5 Å². The monoisotopic (exact) mass is 384 g/mol. The maximum absolute atomic E-state index is 12.6. The summed E-state index contributed by atoms with van der Waals surface area (Å²) in [6, 6.07) is 19.6. The molecule has 0 aliphatic carbocycles. The fraction of sp³-hybridized carbons (Fsp3) is 0.167. The number of fused-ring (bicyclic) bond motifs is 3. The standard InChI is InChI=1S/C24H20N2O3/c1-3-26(4-2)18-10-9-15-11-17-13-19(24(27)29-22(17)14-16(15)12-18)23-25-20-7-5-6-8-21(20)28-23/h5-14H,3-4H2,1-2H3. The Hall–Kier alpha value is -3.60. The molecule has 5 rings (SSSR count). The minimum absolute atomic E-state index is 0.277. The second-order valence-corrected chi connectivity index (χ2v) is 7.03. The van der Waals surface area contributed by atoms with Crippen molar-refractivity contribution >= 4 is 38.5 Å². The summed E-state index contributed by atoms with van der Waals surface area (Å²) in [5, 5.41) is 2.97. The highest BCUT2D eigenvalue weighted by atomic mass is 16.4. The largest absolute Gasteiger partial charge is 0.436 e. The molecule has 0 aliphatic heterocycles. The molecule has 0 spiro atoms. The molecule has 0 bridgehead atoms. The van der Waals surface area contributed by atoms with Gasteiger partial charge in [0, 0.05) is 24.2 Å². The van der Waals surface area contributed by atoms with Gasteiger partial charge in [-0.3, -0.25) is 0 Å². The van der Waals surface area contributed by atoms with Crippen LogP contribution >= 0.6 is 0 Å². The van der Waals surface area contributed by atoms with E-state index in [1.807, 2.05) is 36.4 Å². The van der Waals surface area contributed by atoms with Crippen molar-refractivity contribution in [3.63, 3.8) is 0 Å². The van der Waals surface area contributed by atoms with E-state index in [1.165, 1.54) is 0 Å². The van der Waals surface area contributed by atoms with Crippen molar-refractivity contribution in [3.8, 4) is 11.5 Å². The minimum Gasteiger partial charge on any atom is -0.436 e. The second-order valence-electron chi connectivity index (χ2n) is 7.03. The van der Waals surface area contributed by atoms with Crippen LogP contribution in [-0.4, -0.2) is 18.1 Å². The molecule has 0 unspecified atom stereocenters. The van der Waals surface area contributed by atoms with Crippen LogP contribution in [-0.2, 0) is 0 Å². The predicted molar refractivity (Wildman–Crippen MR) is 117 cm³/mol. The molecule has 5 nitrogen and oxygen atoms in total. The normalized spacial score (nSPS) is 11.5. The third kappa shape index (κ3) is 2.95. The van der Waals surface area contributed by atoms with Crippen LogP contribution in [0.1, 0.15) is 13.8 Å². The summed E-state index contributed by atoms with van der Waals surface area (Å²) in [6.45, 7) is 6.17. The molecular weight excluding hydrogens is 364 g/mol. The Morgan fingerprint density at radius 1 is 0.828 bits per heavy atom. The van der Waals surface area contributed by atoms with Crippen LogP contribution in [0.4, 0.5) is 5.69 Å². The van der Waals surface area contributed by atoms with Gasteiger partial charge >= 0.3 is 5.63 Å². The van der Waals surface area contributed by atoms with Crippen molar-refractivity contribution in [1.29, 1.82) is 0 Å². The first-order chi connectivity index (χ1) is 14.2. The molecule has 0 radical (unpaired) electrons. The maximum atomic E-state index is 12.6. The van der Waals surface area contributed by atoms with Crippen molar-refractivity contribution in [2.24, 2.45) is 0 Å². The summed E-state index contributed by atoms with van der Waals surface area (Å²) < 4.78 is 11.4. The first-order valence-electron chi connectivity index (χ1n) is 9.79. The number of aromatic nitrogens is 1. The van der Waals surface area contributed by atoms with Crippen LogP contribution < -0.4 is 10.5 Å². The zero-order chi connectivity index (χ0) is 20.0. The molecule has 5 aromatic rings. The molecule has 0 aliphatic rings. The zero-order valence-corrected chi connectivity index (χ0v) is 16.3. The van der Waals surface area contributed by atoms with Crippen LogP contribution in [0.2, 0.25) is 0 Å². The van der Waals surface area contributed by atoms with Gasteiger partial charge in [0.1, 0.15) is 16.7 Å². The highest BCUT2D eigenvalue weighted by Gasteiger charge is 2.15. The van der Waals surface area contributed by atoms with Gasteiger partial charge in [-0.05, 0) is 67.1 Å². The van der Waals surface area contributed by atoms with Crippen molar-refractivity contribution in [2.75, 3.05) is 18.0 Å². The Labute approximate surface area is 167 Å². The lowest BCUT2D eigenvalue weighted by atomic mass is 10.1. The second kappa shape index (κ2) is 6.78. The van der Waals surface area contributed by atoms with Gasteiger partial charge in [0.05, 0.1) is 0 Å². The minimum atomic E-state index is -0.455. The molecular formula is C24H20N2O3. The van der Waals surface area contributed by atoms with E-state index in [0.717, 1.165) is 34.9 Å². The average molecular weight is 384 g/mol. The zero-order valence-electron chi connectivity index (χ0n) is 16.3. The Morgan fingerprint density at radius 2 is 1.66 bits per heavy atom. The Morgan fingerprint density at radius 3 is 2.45 bits per heavy atom. The molecule has 0 fully saturated rings. The smallest absolute Gasteiger partial charge is 0.349 e. The molecule has 2 heterocycles. The first kappa shape index (κ1) is 17.5. The van der Waals surface area contributed by atoms with Crippen LogP contribution in [0, 0.1) is 0 Å². The molecule has 0 saturated heterocycles. The van der Waals surface area contributed by atoms with E-state index in [1.54, 1.807) is 6.07 Å². The van der Waals surface area contributed by atoms with Crippen LogP contribution in [0.3, 0.4) is 0 Å². The highest BCUT2D eigenvalue weighted by molar-refractivity contribution is 5.98. The van der Waals surface area contributed by atoms with Gasteiger partial charge in [-0.25, -0.2) is 9.78 Å². The number of rotatable bonds is 4. The van der Waals surface area contributed by atoms with Crippen molar-refractivity contribution in [2.45, 2.75) is 13.8 Å². The molecule has 0 N–H and O–H groups in total. The van der Waals surface area contributed by atoms with Gasteiger partial charge in [-0.15, -0.1) is 0 Å². The van der Waals surface area contributed by atoms with Gasteiger partial charge < -0.3 is 13.7 Å². The van der Waals surface area contributed by atoms with Crippen molar-refractivity contribution < 1.29 is 8.83 Å². The molecule has 0 saturated carbocycles. The van der Waals surface area contributed by atoms with Crippen LogP contribution in [0.5, 0.6) is 0 Å². The van der Waals surface area contributed by atoms with Crippen molar-refractivity contribution in [1.82, 2.24) is 4.98 Å². The van der Waals surface area contributed by atoms with Crippen LogP contribution in [0.15, 0.2) is 74.3 Å². The van der Waals surface area contributed by atoms with Gasteiger partial charge in [0.2, 0.25) is 5.89 Å². The number of nitrogens with zero attached hydrogens (tertiary/aromatic N) is 2. The summed E-state index contributed by atoms with van der Waals surface area (Å²) in [4.78, 5) is 19.4. The fourth-order valence-corrected chi connectivity index (χ4v) is 3.77. The number of benzene rings is 3. The SMILES string of the molecule is CCN(CC)c1ccc2cc3cc(-c4nc5ccccc5o4)c(=O)oc3cc2c1. The van der Waals surface area contributed by atoms with Crippen molar-refractivity contribution in [3.05, 3.63) is 71.1 Å². The average Bonchev–Trinajstić information content (AvgIpc) is 3.16. The summed E-state index contributed by atoms with van der Waals surface area (Å²) in [6.07, 6.45) is 0. The quantitative estimate of drug-likeness (QED) is 0.298. The lowest BCUT2D eigenvalue weighted by Gasteiger charge is -2.21. The van der Waals surface area contributed by atoms with E-state index in [4.69, 9.17) is 8.83 Å². The summed E-state index contributed by atoms with van der Waals surface area (Å²) in [5.74, 6) is 0.277. The number of oxazole rings is 1. The van der Waals surface area contributed by atoms with E-state index in [9.17, 15) is 4.79 Å². The van der Waals surface area contributed by atoms with E-state index in [0.29, 0.717) is 22.2 Å². The lowest BCUT2D eigenvalue weighted by Crippen LogP contribution is -2.21.